The molecule has 0 aliphatic rings. The van der Waals surface area contributed by atoms with Crippen molar-refractivity contribution in [1.29, 1.82) is 0 Å². The van der Waals surface area contributed by atoms with Crippen molar-refractivity contribution in [1.82, 2.24) is 15.5 Å². The smallest absolute Gasteiger partial charge is 0.408 e. The first-order valence-corrected chi connectivity index (χ1v) is 13.0. The molecule has 1 aromatic rings. The number of hydrogen-bond donors (Lipinski definition) is 3. The minimum atomic E-state index is -1.22. The van der Waals surface area contributed by atoms with E-state index in [1.807, 2.05) is 26.8 Å². The SMILES string of the molecule is CCC(C)(C)N(C(=O)C(CCC(N)=O)NC(=O)OC(C)(C)C)C(C(=O)NCC(=O)OC)c1cccc(C)c1C. The van der Waals surface area contributed by atoms with Gasteiger partial charge in [0, 0.05) is 12.0 Å². The van der Waals surface area contributed by atoms with E-state index < -0.39 is 59.6 Å². The van der Waals surface area contributed by atoms with Crippen molar-refractivity contribution in [2.75, 3.05) is 13.7 Å². The fourth-order valence-electron chi connectivity index (χ4n) is 3.90. The number of nitrogens with zero attached hydrogens (tertiary/aromatic N) is 1. The van der Waals surface area contributed by atoms with Gasteiger partial charge in [-0.05, 0) is 78.0 Å². The fraction of sp³-hybridized carbons (Fsp3) is 0.607. The second kappa shape index (κ2) is 14.0. The minimum Gasteiger partial charge on any atom is -0.468 e. The summed E-state index contributed by atoms with van der Waals surface area (Å²) in [6, 6.07) is 3.02. The van der Waals surface area contributed by atoms with Crippen LogP contribution in [0.1, 0.15) is 83.5 Å². The summed E-state index contributed by atoms with van der Waals surface area (Å²) in [5.74, 6) is -2.51. The summed E-state index contributed by atoms with van der Waals surface area (Å²) >= 11 is 0. The Morgan fingerprint density at radius 3 is 2.18 bits per heavy atom. The van der Waals surface area contributed by atoms with Gasteiger partial charge in [0.25, 0.3) is 0 Å². The summed E-state index contributed by atoms with van der Waals surface area (Å²) in [6.45, 7) is 13.9. The number of primary amides is 1. The Kier molecular flexibility index (Phi) is 12.0. The summed E-state index contributed by atoms with van der Waals surface area (Å²) in [5, 5.41) is 5.15. The normalized spacial score (nSPS) is 13.1. The molecule has 0 fully saturated rings. The second-order valence-corrected chi connectivity index (χ2v) is 11.1. The molecule has 11 nitrogen and oxygen atoms in total. The van der Waals surface area contributed by atoms with Crippen LogP contribution >= 0.6 is 0 Å². The van der Waals surface area contributed by atoms with Crippen LogP contribution < -0.4 is 16.4 Å². The Morgan fingerprint density at radius 1 is 1.05 bits per heavy atom. The Morgan fingerprint density at radius 2 is 1.67 bits per heavy atom. The van der Waals surface area contributed by atoms with Gasteiger partial charge in [0.05, 0.1) is 7.11 Å². The number of nitrogens with two attached hydrogens (primary N) is 1. The Bertz CT molecular complexity index is 1060. The van der Waals surface area contributed by atoms with Crippen LogP contribution in [0.15, 0.2) is 18.2 Å². The highest BCUT2D eigenvalue weighted by Crippen LogP contribution is 2.34. The summed E-state index contributed by atoms with van der Waals surface area (Å²) < 4.78 is 10.0. The zero-order valence-corrected chi connectivity index (χ0v) is 24.6. The average molecular weight is 549 g/mol. The molecule has 1 rings (SSSR count). The number of esters is 1. The van der Waals surface area contributed by atoms with Gasteiger partial charge in [0.2, 0.25) is 17.7 Å². The van der Waals surface area contributed by atoms with Gasteiger partial charge >= 0.3 is 12.1 Å². The number of hydrogen-bond acceptors (Lipinski definition) is 7. The number of rotatable bonds is 12. The molecular weight excluding hydrogens is 504 g/mol. The number of ether oxygens (including phenoxy) is 2. The molecule has 0 spiro atoms. The van der Waals surface area contributed by atoms with E-state index in [1.54, 1.807) is 46.8 Å². The van der Waals surface area contributed by atoms with Crippen LogP contribution in [0, 0.1) is 13.8 Å². The number of carbonyl (C=O) groups is 5. The van der Waals surface area contributed by atoms with Crippen molar-refractivity contribution in [2.45, 2.75) is 97.9 Å². The molecule has 2 unspecified atom stereocenters. The van der Waals surface area contributed by atoms with Gasteiger partial charge in [-0.2, -0.15) is 0 Å². The van der Waals surface area contributed by atoms with Crippen molar-refractivity contribution >= 4 is 29.8 Å². The van der Waals surface area contributed by atoms with Gasteiger partial charge < -0.3 is 30.7 Å². The first kappa shape index (κ1) is 33.4. The highest BCUT2D eigenvalue weighted by atomic mass is 16.6. The summed E-state index contributed by atoms with van der Waals surface area (Å²) in [6.07, 6.45) is -0.695. The first-order valence-electron chi connectivity index (χ1n) is 13.0. The van der Waals surface area contributed by atoms with Crippen LogP contribution in [0.25, 0.3) is 0 Å². The zero-order valence-electron chi connectivity index (χ0n) is 24.6. The van der Waals surface area contributed by atoms with E-state index in [9.17, 15) is 24.0 Å². The van der Waals surface area contributed by atoms with E-state index in [-0.39, 0.29) is 12.8 Å². The lowest BCUT2D eigenvalue weighted by atomic mass is 9.89. The van der Waals surface area contributed by atoms with Crippen LogP contribution in [0.5, 0.6) is 0 Å². The molecule has 0 bridgehead atoms. The summed E-state index contributed by atoms with van der Waals surface area (Å²) in [7, 11) is 1.21. The van der Waals surface area contributed by atoms with Crippen molar-refractivity contribution < 1.29 is 33.4 Å². The molecule has 2 atom stereocenters. The number of alkyl carbamates (subject to hydrolysis) is 1. The molecule has 218 valence electrons. The molecule has 0 aromatic heterocycles. The summed E-state index contributed by atoms with van der Waals surface area (Å²) in [4.78, 5) is 65.6. The summed E-state index contributed by atoms with van der Waals surface area (Å²) in [5.41, 5.74) is 5.87. The van der Waals surface area contributed by atoms with Gasteiger partial charge in [-0.3, -0.25) is 19.2 Å². The van der Waals surface area contributed by atoms with E-state index >= 15 is 0 Å². The average Bonchev–Trinajstić information content (AvgIpc) is 2.83. The quantitative estimate of drug-likeness (QED) is 0.339. The number of methoxy groups -OCH3 is 1. The molecule has 4 amide bonds. The predicted octanol–water partition coefficient (Wildman–Crippen LogP) is 2.81. The molecule has 0 radical (unpaired) electrons. The maximum atomic E-state index is 14.3. The van der Waals surface area contributed by atoms with Gasteiger partial charge in [-0.15, -0.1) is 0 Å². The van der Waals surface area contributed by atoms with Gasteiger partial charge in [0.15, 0.2) is 0 Å². The highest BCUT2D eigenvalue weighted by Gasteiger charge is 2.43. The number of amides is 4. The molecule has 11 heteroatoms. The van der Waals surface area contributed by atoms with E-state index in [2.05, 4.69) is 15.4 Å². The molecular formula is C28H44N4O7. The monoisotopic (exact) mass is 548 g/mol. The largest absolute Gasteiger partial charge is 0.468 e. The van der Waals surface area contributed by atoms with E-state index in [1.165, 1.54) is 12.0 Å². The minimum absolute atomic E-state index is 0.104. The zero-order chi connectivity index (χ0) is 30.1. The molecule has 0 heterocycles. The van der Waals surface area contributed by atoms with Crippen LogP contribution in [0.2, 0.25) is 0 Å². The van der Waals surface area contributed by atoms with Gasteiger partial charge in [-0.25, -0.2) is 4.79 Å². The second-order valence-electron chi connectivity index (χ2n) is 11.1. The number of nitrogens with one attached hydrogen (secondary N) is 2. The standard InChI is InChI=1S/C28H44N4O7/c1-10-28(7,8)32(25(36)20(14-15-21(29)33)31-26(37)39-27(4,5)6)23(24(35)30-16-22(34)38-9)19-13-11-12-17(2)18(19)3/h11-13,20,23H,10,14-16H2,1-9H3,(H2,29,33)(H,30,35)(H,31,37). The molecule has 0 saturated heterocycles. The van der Waals surface area contributed by atoms with Crippen LogP contribution in [-0.2, 0) is 28.7 Å². The van der Waals surface area contributed by atoms with Gasteiger partial charge in [0.1, 0.15) is 24.2 Å². The molecule has 0 aliphatic heterocycles. The third kappa shape index (κ3) is 9.88. The lowest BCUT2D eigenvalue weighted by molar-refractivity contribution is -0.150. The predicted molar refractivity (Wildman–Crippen MR) is 146 cm³/mol. The maximum Gasteiger partial charge on any atom is 0.408 e. The first-order chi connectivity index (χ1) is 17.9. The van der Waals surface area contributed by atoms with Crippen molar-refractivity contribution in [3.8, 4) is 0 Å². The number of benzene rings is 1. The Labute approximate surface area is 231 Å². The molecule has 39 heavy (non-hydrogen) atoms. The Balaban J connectivity index is 3.73. The highest BCUT2D eigenvalue weighted by molar-refractivity contribution is 5.94. The van der Waals surface area contributed by atoms with Crippen LogP contribution in [0.4, 0.5) is 4.79 Å². The fourth-order valence-corrected chi connectivity index (χ4v) is 3.90. The third-order valence-corrected chi connectivity index (χ3v) is 6.51. The lowest BCUT2D eigenvalue weighted by Crippen LogP contribution is -2.59. The lowest BCUT2D eigenvalue weighted by Gasteiger charge is -2.45. The van der Waals surface area contributed by atoms with Crippen molar-refractivity contribution in [2.24, 2.45) is 5.73 Å². The van der Waals surface area contributed by atoms with Crippen LogP contribution in [-0.4, -0.2) is 65.5 Å². The Hall–Kier alpha value is -3.63. The maximum absolute atomic E-state index is 14.3. The molecule has 0 saturated carbocycles. The molecule has 4 N–H and O–H groups in total. The van der Waals surface area contributed by atoms with Crippen molar-refractivity contribution in [3.05, 3.63) is 34.9 Å². The topological polar surface area (TPSA) is 157 Å². The van der Waals surface area contributed by atoms with Gasteiger partial charge in [-0.1, -0.05) is 25.1 Å². The van der Waals surface area contributed by atoms with Crippen LogP contribution in [0.3, 0.4) is 0 Å². The molecule has 0 aliphatic carbocycles. The van der Waals surface area contributed by atoms with E-state index in [0.29, 0.717) is 12.0 Å². The van der Waals surface area contributed by atoms with E-state index in [4.69, 9.17) is 10.5 Å². The molecule has 1 aromatic carbocycles. The van der Waals surface area contributed by atoms with Crippen molar-refractivity contribution in [3.63, 3.8) is 0 Å². The number of carbonyl (C=O) groups excluding carboxylic acids is 5. The third-order valence-electron chi connectivity index (χ3n) is 6.51. The number of aryl methyl sites for hydroxylation is 1. The van der Waals surface area contributed by atoms with E-state index in [0.717, 1.165) is 11.1 Å².